The average Bonchev–Trinajstić information content (AvgIpc) is 2.52. The first-order chi connectivity index (χ1) is 10.2. The third-order valence-electron chi connectivity index (χ3n) is 3.75. The van der Waals surface area contributed by atoms with Gasteiger partial charge >= 0.3 is 0 Å². The van der Waals surface area contributed by atoms with E-state index in [0.717, 1.165) is 23.1 Å². The molecule has 21 heavy (non-hydrogen) atoms. The minimum Gasteiger partial charge on any atom is -0.384 e. The summed E-state index contributed by atoms with van der Waals surface area (Å²) in [6.07, 6.45) is 5.42. The number of nitrogens with one attached hydrogen (secondary N) is 1. The molecule has 106 valence electrons. The van der Waals surface area contributed by atoms with Crippen molar-refractivity contribution >= 4 is 16.6 Å². The molecular weight excluding hydrogens is 258 g/mol. The van der Waals surface area contributed by atoms with Crippen LogP contribution in [0.3, 0.4) is 0 Å². The largest absolute Gasteiger partial charge is 0.384 e. The number of aryl methyl sites for hydroxylation is 1. The molecule has 2 aromatic heterocycles. The summed E-state index contributed by atoms with van der Waals surface area (Å²) in [6, 6.07) is 12.7. The topological polar surface area (TPSA) is 37.8 Å². The Balaban J connectivity index is 1.77. The van der Waals surface area contributed by atoms with E-state index in [9.17, 15) is 0 Å². The van der Waals surface area contributed by atoms with Crippen LogP contribution in [0.2, 0.25) is 0 Å². The van der Waals surface area contributed by atoms with Crippen LogP contribution >= 0.6 is 0 Å². The molecule has 0 aliphatic heterocycles. The summed E-state index contributed by atoms with van der Waals surface area (Å²) < 4.78 is 0. The molecule has 3 heteroatoms. The number of aromatic nitrogens is 2. The highest BCUT2D eigenvalue weighted by molar-refractivity contribution is 5.90. The van der Waals surface area contributed by atoms with Crippen LogP contribution in [0.4, 0.5) is 5.69 Å². The van der Waals surface area contributed by atoms with Gasteiger partial charge in [-0.1, -0.05) is 36.8 Å². The van der Waals surface area contributed by atoms with Crippen molar-refractivity contribution in [3.05, 3.63) is 66.1 Å². The van der Waals surface area contributed by atoms with Crippen molar-refractivity contribution in [2.24, 2.45) is 0 Å². The zero-order valence-electron chi connectivity index (χ0n) is 12.4. The van der Waals surface area contributed by atoms with E-state index in [-0.39, 0.29) is 0 Å². The number of fused-ring (bicyclic) bond motifs is 1. The number of benzene rings is 1. The van der Waals surface area contributed by atoms with Crippen LogP contribution in [0.15, 0.2) is 55.0 Å². The fourth-order valence-electron chi connectivity index (χ4n) is 2.51. The minimum atomic E-state index is 0.454. The number of hydrogen-bond donors (Lipinski definition) is 1. The quantitative estimate of drug-likeness (QED) is 0.778. The highest BCUT2D eigenvalue weighted by Gasteiger charge is 2.07. The molecule has 1 unspecified atom stereocenters. The Bertz CT molecular complexity index is 747. The summed E-state index contributed by atoms with van der Waals surface area (Å²) in [5.74, 6) is 0.454. The molecule has 0 saturated heterocycles. The predicted molar refractivity (Wildman–Crippen MR) is 87.6 cm³/mol. The first kappa shape index (κ1) is 13.6. The van der Waals surface area contributed by atoms with Crippen molar-refractivity contribution in [2.45, 2.75) is 19.8 Å². The number of anilines is 1. The Morgan fingerprint density at radius 2 is 2.05 bits per heavy atom. The molecule has 1 N–H and O–H groups in total. The lowest BCUT2D eigenvalue weighted by Gasteiger charge is -2.15. The maximum atomic E-state index is 4.34. The SMILES string of the molecule is Cc1cccc(C(C)CNc2ccnc3cnccc23)c1. The van der Waals surface area contributed by atoms with E-state index >= 15 is 0 Å². The summed E-state index contributed by atoms with van der Waals surface area (Å²) in [4.78, 5) is 8.45. The van der Waals surface area contributed by atoms with Crippen molar-refractivity contribution in [1.29, 1.82) is 0 Å². The zero-order chi connectivity index (χ0) is 14.7. The van der Waals surface area contributed by atoms with Crippen LogP contribution in [0.25, 0.3) is 10.9 Å². The predicted octanol–water partition coefficient (Wildman–Crippen LogP) is 4.15. The Morgan fingerprint density at radius 3 is 2.90 bits per heavy atom. The van der Waals surface area contributed by atoms with Gasteiger partial charge in [-0.05, 0) is 30.5 Å². The van der Waals surface area contributed by atoms with Crippen LogP contribution in [0.1, 0.15) is 24.0 Å². The molecule has 0 spiro atoms. The molecule has 0 saturated carbocycles. The molecule has 2 heterocycles. The minimum absolute atomic E-state index is 0.454. The number of nitrogens with zero attached hydrogens (tertiary/aromatic N) is 2. The molecule has 1 atom stereocenters. The lowest BCUT2D eigenvalue weighted by molar-refractivity contribution is 0.804. The highest BCUT2D eigenvalue weighted by atomic mass is 14.9. The Labute approximate surface area is 125 Å². The molecule has 3 nitrogen and oxygen atoms in total. The van der Waals surface area contributed by atoms with Gasteiger partial charge in [-0.2, -0.15) is 0 Å². The fourth-order valence-corrected chi connectivity index (χ4v) is 2.51. The maximum Gasteiger partial charge on any atom is 0.0905 e. The molecule has 0 aliphatic carbocycles. The average molecular weight is 277 g/mol. The molecular formula is C18H19N3. The van der Waals surface area contributed by atoms with Crippen molar-refractivity contribution in [2.75, 3.05) is 11.9 Å². The number of pyridine rings is 2. The van der Waals surface area contributed by atoms with Gasteiger partial charge in [0.15, 0.2) is 0 Å². The van der Waals surface area contributed by atoms with Crippen LogP contribution in [-0.4, -0.2) is 16.5 Å². The number of hydrogen-bond acceptors (Lipinski definition) is 3. The van der Waals surface area contributed by atoms with E-state index in [1.165, 1.54) is 11.1 Å². The van der Waals surface area contributed by atoms with Crippen molar-refractivity contribution in [1.82, 2.24) is 9.97 Å². The third kappa shape index (κ3) is 3.02. The first-order valence-corrected chi connectivity index (χ1v) is 7.23. The summed E-state index contributed by atoms with van der Waals surface area (Å²) in [6.45, 7) is 5.27. The number of rotatable bonds is 4. The smallest absolute Gasteiger partial charge is 0.0905 e. The molecule has 0 amide bonds. The Hall–Kier alpha value is -2.42. The molecule has 0 radical (unpaired) electrons. The van der Waals surface area contributed by atoms with Gasteiger partial charge in [-0.15, -0.1) is 0 Å². The van der Waals surface area contributed by atoms with Gasteiger partial charge in [0.25, 0.3) is 0 Å². The second kappa shape index (κ2) is 5.92. The molecule has 1 aromatic carbocycles. The molecule has 3 aromatic rings. The van der Waals surface area contributed by atoms with Gasteiger partial charge in [-0.25, -0.2) is 0 Å². The van der Waals surface area contributed by atoms with E-state index in [2.05, 4.69) is 53.4 Å². The maximum absolute atomic E-state index is 4.34. The zero-order valence-corrected chi connectivity index (χ0v) is 12.4. The summed E-state index contributed by atoms with van der Waals surface area (Å²) in [7, 11) is 0. The van der Waals surface area contributed by atoms with Crippen LogP contribution in [0.5, 0.6) is 0 Å². The van der Waals surface area contributed by atoms with Gasteiger partial charge in [-0.3, -0.25) is 9.97 Å². The molecule has 0 fully saturated rings. The Kier molecular flexibility index (Phi) is 3.82. The van der Waals surface area contributed by atoms with Crippen LogP contribution < -0.4 is 5.32 Å². The van der Waals surface area contributed by atoms with Crippen molar-refractivity contribution < 1.29 is 0 Å². The van der Waals surface area contributed by atoms with Gasteiger partial charge in [0.05, 0.1) is 11.7 Å². The van der Waals surface area contributed by atoms with E-state index < -0.39 is 0 Å². The van der Waals surface area contributed by atoms with Gasteiger partial charge in [0.2, 0.25) is 0 Å². The summed E-state index contributed by atoms with van der Waals surface area (Å²) in [5.41, 5.74) is 4.70. The lowest BCUT2D eigenvalue weighted by Crippen LogP contribution is -2.10. The molecule has 3 rings (SSSR count). The van der Waals surface area contributed by atoms with Crippen molar-refractivity contribution in [3.8, 4) is 0 Å². The lowest BCUT2D eigenvalue weighted by atomic mass is 9.99. The van der Waals surface area contributed by atoms with Crippen LogP contribution in [-0.2, 0) is 0 Å². The van der Waals surface area contributed by atoms with Crippen LogP contribution in [0, 0.1) is 6.92 Å². The highest BCUT2D eigenvalue weighted by Crippen LogP contribution is 2.22. The molecule has 0 aliphatic rings. The van der Waals surface area contributed by atoms with E-state index in [1.807, 2.05) is 18.3 Å². The van der Waals surface area contributed by atoms with E-state index in [1.54, 1.807) is 12.4 Å². The third-order valence-corrected chi connectivity index (χ3v) is 3.75. The van der Waals surface area contributed by atoms with E-state index in [0.29, 0.717) is 5.92 Å². The monoisotopic (exact) mass is 277 g/mol. The van der Waals surface area contributed by atoms with Gasteiger partial charge in [0, 0.05) is 30.0 Å². The second-order valence-electron chi connectivity index (χ2n) is 5.45. The van der Waals surface area contributed by atoms with Gasteiger partial charge < -0.3 is 5.32 Å². The summed E-state index contributed by atoms with van der Waals surface area (Å²) in [5, 5.41) is 4.65. The summed E-state index contributed by atoms with van der Waals surface area (Å²) >= 11 is 0. The van der Waals surface area contributed by atoms with E-state index in [4.69, 9.17) is 0 Å². The Morgan fingerprint density at radius 1 is 1.14 bits per heavy atom. The second-order valence-corrected chi connectivity index (χ2v) is 5.45. The standard InChI is InChI=1S/C18H19N3/c1-13-4-3-5-15(10-13)14(2)11-21-17-7-9-20-18-12-19-8-6-16(17)18/h3-10,12,14H,11H2,1-2H3,(H,20,21). The van der Waals surface area contributed by atoms with Crippen molar-refractivity contribution in [3.63, 3.8) is 0 Å². The normalized spacial score (nSPS) is 12.3. The fraction of sp³-hybridized carbons (Fsp3) is 0.222. The molecule has 0 bridgehead atoms. The first-order valence-electron chi connectivity index (χ1n) is 7.23. The van der Waals surface area contributed by atoms with Gasteiger partial charge in [0.1, 0.15) is 0 Å².